The summed E-state index contributed by atoms with van der Waals surface area (Å²) in [5.41, 5.74) is 6.69. The highest BCUT2D eigenvalue weighted by Crippen LogP contribution is 2.33. The lowest BCUT2D eigenvalue weighted by atomic mass is 10.0. The van der Waals surface area contributed by atoms with Crippen LogP contribution < -0.4 is 5.32 Å². The lowest BCUT2D eigenvalue weighted by molar-refractivity contribution is 0.0948. The molecule has 0 bridgehead atoms. The van der Waals surface area contributed by atoms with Crippen LogP contribution in [0.5, 0.6) is 0 Å². The summed E-state index contributed by atoms with van der Waals surface area (Å²) in [7, 11) is 0. The molecule has 1 amide bonds. The lowest BCUT2D eigenvalue weighted by Gasteiger charge is -2.10. The summed E-state index contributed by atoms with van der Waals surface area (Å²) in [6.45, 7) is 2.68. The van der Waals surface area contributed by atoms with Crippen molar-refractivity contribution in [3.05, 3.63) is 102 Å². The van der Waals surface area contributed by atoms with Crippen molar-refractivity contribution in [1.82, 2.24) is 15.3 Å². The van der Waals surface area contributed by atoms with Crippen molar-refractivity contribution in [2.45, 2.75) is 19.8 Å². The van der Waals surface area contributed by atoms with Crippen LogP contribution in [0.2, 0.25) is 0 Å². The summed E-state index contributed by atoms with van der Waals surface area (Å²) in [4.78, 5) is 21.4. The van der Waals surface area contributed by atoms with Crippen LogP contribution in [-0.4, -0.2) is 22.4 Å². The number of para-hydroxylation sites is 1. The van der Waals surface area contributed by atoms with Crippen molar-refractivity contribution >= 4 is 27.7 Å². The minimum absolute atomic E-state index is 0.139. The summed E-state index contributed by atoms with van der Waals surface area (Å²) in [5, 5.41) is 5.17. The number of fused-ring (bicyclic) bond motifs is 3. The quantitative estimate of drug-likeness (QED) is 0.329. The maximum Gasteiger partial charge on any atom is 0.269 e. The number of amides is 1. The molecule has 2 heterocycles. The van der Waals surface area contributed by atoms with E-state index in [1.54, 1.807) is 0 Å². The lowest BCUT2D eigenvalue weighted by Crippen LogP contribution is -2.25. The Morgan fingerprint density at radius 3 is 2.50 bits per heavy atom. The van der Waals surface area contributed by atoms with Gasteiger partial charge in [0.05, 0.1) is 11.2 Å². The fourth-order valence-corrected chi connectivity index (χ4v) is 4.23. The van der Waals surface area contributed by atoms with Gasteiger partial charge in [-0.2, -0.15) is 0 Å². The molecule has 0 saturated carbocycles. The Morgan fingerprint density at radius 1 is 0.906 bits per heavy atom. The topological polar surface area (TPSA) is 57.8 Å². The van der Waals surface area contributed by atoms with Crippen molar-refractivity contribution in [2.75, 3.05) is 6.54 Å². The molecule has 0 unspecified atom stereocenters. The Kier molecular flexibility index (Phi) is 5.42. The second-order valence-corrected chi connectivity index (χ2v) is 8.11. The molecule has 2 aromatic heterocycles. The number of H-pyrrole nitrogens is 1. The molecule has 3 aromatic carbocycles. The molecule has 0 aliphatic rings. The highest BCUT2D eigenvalue weighted by Gasteiger charge is 2.17. The van der Waals surface area contributed by atoms with Crippen LogP contribution in [0.3, 0.4) is 0 Å². The van der Waals surface area contributed by atoms with E-state index < -0.39 is 0 Å². The van der Waals surface area contributed by atoms with Gasteiger partial charge in [-0.25, -0.2) is 4.98 Å². The van der Waals surface area contributed by atoms with Crippen molar-refractivity contribution in [3.63, 3.8) is 0 Å². The number of benzene rings is 3. The maximum atomic E-state index is 13.0. The zero-order chi connectivity index (χ0) is 21.9. The van der Waals surface area contributed by atoms with Gasteiger partial charge in [-0.3, -0.25) is 4.79 Å². The maximum absolute atomic E-state index is 13.0. The molecule has 5 aromatic rings. The molecule has 158 valence electrons. The highest BCUT2D eigenvalue weighted by atomic mass is 16.1. The van der Waals surface area contributed by atoms with Gasteiger partial charge in [0, 0.05) is 28.4 Å². The van der Waals surface area contributed by atoms with E-state index in [9.17, 15) is 4.79 Å². The smallest absolute Gasteiger partial charge is 0.269 e. The summed E-state index contributed by atoms with van der Waals surface area (Å²) in [6.07, 6.45) is 1.82. The Bertz CT molecular complexity index is 1400. The van der Waals surface area contributed by atoms with Crippen molar-refractivity contribution in [3.8, 4) is 11.3 Å². The molecule has 0 radical (unpaired) electrons. The Balaban J connectivity index is 1.48. The first kappa shape index (κ1) is 20.0. The third-order valence-corrected chi connectivity index (χ3v) is 5.90. The average molecular weight is 420 g/mol. The van der Waals surface area contributed by atoms with Crippen molar-refractivity contribution < 1.29 is 4.79 Å². The molecule has 0 aliphatic heterocycles. The molecule has 0 fully saturated rings. The molecule has 0 atom stereocenters. The van der Waals surface area contributed by atoms with Gasteiger partial charge in [0.25, 0.3) is 5.91 Å². The number of carbonyl (C=O) groups is 1. The number of aromatic nitrogens is 2. The van der Waals surface area contributed by atoms with Gasteiger partial charge in [-0.15, -0.1) is 0 Å². The second-order valence-electron chi connectivity index (χ2n) is 8.11. The number of nitrogens with one attached hydrogen (secondary N) is 2. The highest BCUT2D eigenvalue weighted by molar-refractivity contribution is 6.13. The predicted molar refractivity (Wildman–Crippen MR) is 131 cm³/mol. The number of pyridine rings is 1. The minimum atomic E-state index is -0.139. The number of aromatic amines is 1. The molecular formula is C28H25N3O. The van der Waals surface area contributed by atoms with Crippen LogP contribution in [-0.2, 0) is 6.42 Å². The first-order valence-electron chi connectivity index (χ1n) is 11.0. The minimum Gasteiger partial charge on any atom is -0.353 e. The van der Waals surface area contributed by atoms with E-state index in [-0.39, 0.29) is 5.91 Å². The Hall–Kier alpha value is -3.92. The molecule has 0 spiro atoms. The van der Waals surface area contributed by atoms with E-state index in [2.05, 4.69) is 53.6 Å². The van der Waals surface area contributed by atoms with Gasteiger partial charge in [0.2, 0.25) is 0 Å². The van der Waals surface area contributed by atoms with E-state index in [1.165, 1.54) is 5.56 Å². The zero-order valence-electron chi connectivity index (χ0n) is 18.1. The Morgan fingerprint density at radius 2 is 1.66 bits per heavy atom. The summed E-state index contributed by atoms with van der Waals surface area (Å²) in [6, 6.07) is 28.6. The molecule has 0 saturated heterocycles. The van der Waals surface area contributed by atoms with Crippen LogP contribution in [0.1, 0.15) is 28.0 Å². The van der Waals surface area contributed by atoms with E-state index in [1.807, 2.05) is 48.5 Å². The monoisotopic (exact) mass is 419 g/mol. The summed E-state index contributed by atoms with van der Waals surface area (Å²) in [5.74, 6) is -0.139. The van der Waals surface area contributed by atoms with Gasteiger partial charge >= 0.3 is 0 Å². The number of rotatable bonds is 6. The van der Waals surface area contributed by atoms with Gasteiger partial charge in [-0.05, 0) is 43.0 Å². The molecule has 4 nitrogen and oxygen atoms in total. The second kappa shape index (κ2) is 8.67. The standard InChI is InChI=1S/C28H25N3O/c1-19-10-5-6-14-21(19)26-27-23(22-15-7-8-16-24(22)30-27)18-25(31-26)28(32)29-17-9-13-20-11-3-2-4-12-20/h2-8,10-12,14-16,18,30H,9,13,17H2,1H3,(H,29,32). The molecule has 2 N–H and O–H groups in total. The third kappa shape index (κ3) is 3.87. The number of hydrogen-bond donors (Lipinski definition) is 2. The normalized spacial score (nSPS) is 11.2. The number of carbonyl (C=O) groups excluding carboxylic acids is 1. The predicted octanol–water partition coefficient (Wildman–Crippen LogP) is 6.05. The first-order chi connectivity index (χ1) is 15.7. The summed E-state index contributed by atoms with van der Waals surface area (Å²) >= 11 is 0. The van der Waals surface area contributed by atoms with Gasteiger partial charge in [0.1, 0.15) is 5.69 Å². The molecule has 4 heteroatoms. The number of aryl methyl sites for hydroxylation is 2. The van der Waals surface area contributed by atoms with E-state index in [0.29, 0.717) is 12.2 Å². The first-order valence-corrected chi connectivity index (χ1v) is 11.0. The number of nitrogens with zero attached hydrogens (tertiary/aromatic N) is 1. The van der Waals surface area contributed by atoms with E-state index in [0.717, 1.165) is 51.5 Å². The third-order valence-electron chi connectivity index (χ3n) is 5.90. The molecule has 32 heavy (non-hydrogen) atoms. The van der Waals surface area contributed by atoms with Crippen LogP contribution in [0, 0.1) is 6.92 Å². The largest absolute Gasteiger partial charge is 0.353 e. The number of hydrogen-bond acceptors (Lipinski definition) is 2. The van der Waals surface area contributed by atoms with E-state index in [4.69, 9.17) is 4.98 Å². The van der Waals surface area contributed by atoms with Crippen molar-refractivity contribution in [2.24, 2.45) is 0 Å². The fraction of sp³-hybridized carbons (Fsp3) is 0.143. The molecule has 5 rings (SSSR count). The summed E-state index contributed by atoms with van der Waals surface area (Å²) < 4.78 is 0. The van der Waals surface area contributed by atoms with Crippen molar-refractivity contribution in [1.29, 1.82) is 0 Å². The van der Waals surface area contributed by atoms with Crippen LogP contribution in [0.4, 0.5) is 0 Å². The van der Waals surface area contributed by atoms with Crippen LogP contribution in [0.15, 0.2) is 84.9 Å². The van der Waals surface area contributed by atoms with Gasteiger partial charge < -0.3 is 10.3 Å². The fourth-order valence-electron chi connectivity index (χ4n) is 4.23. The van der Waals surface area contributed by atoms with Gasteiger partial charge in [0.15, 0.2) is 0 Å². The van der Waals surface area contributed by atoms with E-state index >= 15 is 0 Å². The Labute approximate surface area is 187 Å². The molecule has 0 aliphatic carbocycles. The van der Waals surface area contributed by atoms with Gasteiger partial charge in [-0.1, -0.05) is 72.8 Å². The van der Waals surface area contributed by atoms with Crippen LogP contribution in [0.25, 0.3) is 33.1 Å². The zero-order valence-corrected chi connectivity index (χ0v) is 18.1. The SMILES string of the molecule is Cc1ccccc1-c1nc(C(=O)NCCCc2ccccc2)cc2c1[nH]c1ccccc12. The molecular weight excluding hydrogens is 394 g/mol. The average Bonchev–Trinajstić information content (AvgIpc) is 3.21. The van der Waals surface area contributed by atoms with Crippen LogP contribution >= 0.6 is 0 Å².